The molecule has 0 spiro atoms. The summed E-state index contributed by atoms with van der Waals surface area (Å²) in [6.45, 7) is 1.82. The van der Waals surface area contributed by atoms with Crippen molar-refractivity contribution in [1.82, 2.24) is 0 Å². The molecule has 2 nitrogen and oxygen atoms in total. The summed E-state index contributed by atoms with van der Waals surface area (Å²) >= 11 is 11.6. The molecule has 0 unspecified atom stereocenters. The molecule has 0 saturated carbocycles. The minimum Gasteiger partial charge on any atom is -0.484 e. The molecule has 0 aromatic heterocycles. The van der Waals surface area contributed by atoms with E-state index in [2.05, 4.69) is 0 Å². The third-order valence-electron chi connectivity index (χ3n) is 1.70. The lowest BCUT2D eigenvalue weighted by molar-refractivity contribution is -0.120. The topological polar surface area (TPSA) is 26.3 Å². The van der Waals surface area contributed by atoms with Crippen LogP contribution in [0.25, 0.3) is 0 Å². The molecule has 0 radical (unpaired) electrons. The Kier molecular flexibility index (Phi) is 4.23. The van der Waals surface area contributed by atoms with E-state index in [-0.39, 0.29) is 12.4 Å². The second-order valence-electron chi connectivity index (χ2n) is 2.73. The smallest absolute Gasteiger partial charge is 0.169 e. The molecule has 4 heteroatoms. The maximum Gasteiger partial charge on any atom is 0.169 e. The van der Waals surface area contributed by atoms with Crippen molar-refractivity contribution in [3.05, 3.63) is 28.2 Å². The Morgan fingerprint density at radius 1 is 1.43 bits per heavy atom. The molecule has 1 aromatic rings. The summed E-state index contributed by atoms with van der Waals surface area (Å²) in [7, 11) is 0. The lowest BCUT2D eigenvalue weighted by atomic mass is 10.3. The summed E-state index contributed by atoms with van der Waals surface area (Å²) in [5.41, 5.74) is 0. The second-order valence-corrected chi connectivity index (χ2v) is 3.52. The number of carbonyl (C=O) groups is 1. The van der Waals surface area contributed by atoms with E-state index in [0.717, 1.165) is 0 Å². The summed E-state index contributed by atoms with van der Waals surface area (Å²) in [5.74, 6) is 0.474. The number of rotatable bonds is 4. The Hall–Kier alpha value is -0.730. The Balaban J connectivity index is 2.68. The zero-order valence-corrected chi connectivity index (χ0v) is 9.23. The number of halogens is 2. The Morgan fingerprint density at radius 3 is 2.79 bits per heavy atom. The van der Waals surface area contributed by atoms with Gasteiger partial charge in [0.25, 0.3) is 0 Å². The largest absolute Gasteiger partial charge is 0.484 e. The first kappa shape index (κ1) is 11.3. The van der Waals surface area contributed by atoms with E-state index in [4.69, 9.17) is 27.9 Å². The molecule has 0 N–H and O–H groups in total. The van der Waals surface area contributed by atoms with Gasteiger partial charge >= 0.3 is 0 Å². The highest BCUT2D eigenvalue weighted by Gasteiger charge is 2.06. The maximum absolute atomic E-state index is 11.0. The third kappa shape index (κ3) is 2.89. The van der Waals surface area contributed by atoms with Crippen molar-refractivity contribution in [2.24, 2.45) is 0 Å². The standard InChI is InChI=1S/C10H10Cl2O2/c1-2-7(13)6-14-9-5-3-4-8(11)10(9)12/h3-5H,2,6H2,1H3. The molecule has 1 rings (SSSR count). The molecule has 0 aliphatic rings. The van der Waals surface area contributed by atoms with Gasteiger partial charge in [0.2, 0.25) is 0 Å². The van der Waals surface area contributed by atoms with Gasteiger partial charge in [-0.25, -0.2) is 0 Å². The lowest BCUT2D eigenvalue weighted by Crippen LogP contribution is -2.09. The van der Waals surface area contributed by atoms with Crippen LogP contribution in [0.1, 0.15) is 13.3 Å². The van der Waals surface area contributed by atoms with Crippen molar-refractivity contribution in [3.8, 4) is 5.75 Å². The maximum atomic E-state index is 11.0. The van der Waals surface area contributed by atoms with Crippen molar-refractivity contribution < 1.29 is 9.53 Å². The van der Waals surface area contributed by atoms with E-state index in [1.54, 1.807) is 25.1 Å². The Labute approximate surface area is 92.8 Å². The second kappa shape index (κ2) is 5.23. The van der Waals surface area contributed by atoms with Crippen molar-refractivity contribution in [2.75, 3.05) is 6.61 Å². The van der Waals surface area contributed by atoms with Crippen LogP contribution in [0.5, 0.6) is 5.75 Å². The quantitative estimate of drug-likeness (QED) is 0.796. The van der Waals surface area contributed by atoms with E-state index in [1.165, 1.54) is 0 Å². The van der Waals surface area contributed by atoms with Crippen molar-refractivity contribution >= 4 is 29.0 Å². The first-order chi connectivity index (χ1) is 6.65. The van der Waals surface area contributed by atoms with Crippen LogP contribution < -0.4 is 4.74 Å². The van der Waals surface area contributed by atoms with E-state index < -0.39 is 0 Å². The molecular formula is C10H10Cl2O2. The van der Waals surface area contributed by atoms with Crippen LogP contribution in [0.15, 0.2) is 18.2 Å². The van der Waals surface area contributed by atoms with E-state index in [9.17, 15) is 4.79 Å². The molecule has 0 saturated heterocycles. The predicted octanol–water partition coefficient (Wildman–Crippen LogP) is 3.35. The molecule has 0 heterocycles. The predicted molar refractivity (Wildman–Crippen MR) is 57.3 cm³/mol. The fourth-order valence-corrected chi connectivity index (χ4v) is 1.20. The van der Waals surface area contributed by atoms with Gasteiger partial charge in [-0.05, 0) is 12.1 Å². The SMILES string of the molecule is CCC(=O)COc1cccc(Cl)c1Cl. The molecule has 0 aliphatic carbocycles. The number of benzene rings is 1. The first-order valence-electron chi connectivity index (χ1n) is 4.23. The van der Waals surface area contributed by atoms with Crippen molar-refractivity contribution in [1.29, 1.82) is 0 Å². The van der Waals surface area contributed by atoms with Gasteiger partial charge < -0.3 is 4.74 Å². The Bertz CT molecular complexity index is 337. The zero-order valence-electron chi connectivity index (χ0n) is 7.72. The first-order valence-corrected chi connectivity index (χ1v) is 4.99. The van der Waals surface area contributed by atoms with Gasteiger partial charge in [0.1, 0.15) is 17.4 Å². The average Bonchev–Trinajstić information content (AvgIpc) is 2.20. The minimum atomic E-state index is 0.0287. The van der Waals surface area contributed by atoms with Gasteiger partial charge in [-0.2, -0.15) is 0 Å². The average molecular weight is 233 g/mol. The number of ether oxygens (including phenoxy) is 1. The lowest BCUT2D eigenvalue weighted by Gasteiger charge is -2.06. The van der Waals surface area contributed by atoms with Gasteiger partial charge in [-0.3, -0.25) is 4.79 Å². The van der Waals surface area contributed by atoms with Crippen molar-refractivity contribution in [2.45, 2.75) is 13.3 Å². The summed E-state index contributed by atoms with van der Waals surface area (Å²) in [6, 6.07) is 5.06. The fraction of sp³-hybridized carbons (Fsp3) is 0.300. The Morgan fingerprint density at radius 2 is 2.14 bits per heavy atom. The number of hydrogen-bond acceptors (Lipinski definition) is 2. The zero-order chi connectivity index (χ0) is 10.6. The van der Waals surface area contributed by atoms with Gasteiger partial charge in [0.05, 0.1) is 5.02 Å². The van der Waals surface area contributed by atoms with Crippen LogP contribution in [0, 0.1) is 0 Å². The molecular weight excluding hydrogens is 223 g/mol. The molecule has 0 bridgehead atoms. The van der Waals surface area contributed by atoms with E-state index in [0.29, 0.717) is 22.2 Å². The monoisotopic (exact) mass is 232 g/mol. The molecule has 0 amide bonds. The summed E-state index contributed by atoms with van der Waals surface area (Å²) in [4.78, 5) is 11.0. The third-order valence-corrected chi connectivity index (χ3v) is 2.50. The van der Waals surface area contributed by atoms with Crippen molar-refractivity contribution in [3.63, 3.8) is 0 Å². The van der Waals surface area contributed by atoms with Crippen LogP contribution >= 0.6 is 23.2 Å². The molecule has 1 aromatic carbocycles. The van der Waals surface area contributed by atoms with E-state index in [1.807, 2.05) is 0 Å². The fourth-order valence-electron chi connectivity index (χ4n) is 0.856. The minimum absolute atomic E-state index is 0.0287. The highest BCUT2D eigenvalue weighted by molar-refractivity contribution is 6.42. The van der Waals surface area contributed by atoms with Crippen LogP contribution in [0.4, 0.5) is 0 Å². The number of carbonyl (C=O) groups excluding carboxylic acids is 1. The molecule has 0 atom stereocenters. The summed E-state index contributed by atoms with van der Waals surface area (Å²) in [5, 5.41) is 0.770. The summed E-state index contributed by atoms with van der Waals surface area (Å²) in [6.07, 6.45) is 0.457. The molecule has 0 fully saturated rings. The molecule has 76 valence electrons. The number of Topliss-reactive ketones (excluding diaryl/α,β-unsaturated/α-hetero) is 1. The normalized spacial score (nSPS) is 9.93. The van der Waals surface area contributed by atoms with Crippen LogP contribution in [-0.4, -0.2) is 12.4 Å². The molecule has 14 heavy (non-hydrogen) atoms. The van der Waals surface area contributed by atoms with Gasteiger partial charge in [0, 0.05) is 6.42 Å². The van der Waals surface area contributed by atoms with Gasteiger partial charge in [0.15, 0.2) is 5.78 Å². The number of hydrogen-bond donors (Lipinski definition) is 0. The number of ketones is 1. The highest BCUT2D eigenvalue weighted by atomic mass is 35.5. The molecule has 0 aliphatic heterocycles. The van der Waals surface area contributed by atoms with Gasteiger partial charge in [-0.1, -0.05) is 36.2 Å². The van der Waals surface area contributed by atoms with Crippen LogP contribution in [0.2, 0.25) is 10.0 Å². The van der Waals surface area contributed by atoms with E-state index >= 15 is 0 Å². The summed E-state index contributed by atoms with van der Waals surface area (Å²) < 4.78 is 5.20. The highest BCUT2D eigenvalue weighted by Crippen LogP contribution is 2.31. The van der Waals surface area contributed by atoms with Crippen LogP contribution in [0.3, 0.4) is 0 Å². The van der Waals surface area contributed by atoms with Gasteiger partial charge in [-0.15, -0.1) is 0 Å². The van der Waals surface area contributed by atoms with Crippen LogP contribution in [-0.2, 0) is 4.79 Å².